The summed E-state index contributed by atoms with van der Waals surface area (Å²) in [5, 5.41) is 0. The van der Waals surface area contributed by atoms with E-state index in [-0.39, 0.29) is 37.2 Å². The van der Waals surface area contributed by atoms with Crippen LogP contribution in [0.15, 0.2) is 0 Å². The molecule has 2 amide bonds. The Bertz CT molecular complexity index is 399. The summed E-state index contributed by atoms with van der Waals surface area (Å²) < 4.78 is 11.4. The van der Waals surface area contributed by atoms with E-state index in [4.69, 9.17) is 15.2 Å². The fourth-order valence-electron chi connectivity index (χ4n) is 3.25. The molecule has 2 N–H and O–H groups in total. The number of likely N-dealkylation sites (N-methyl/N-ethyl adjacent to an activating group) is 1. The molecule has 2 rings (SSSR count). The van der Waals surface area contributed by atoms with Gasteiger partial charge in [-0.2, -0.15) is 0 Å². The summed E-state index contributed by atoms with van der Waals surface area (Å²) in [6, 6.07) is 0. The van der Waals surface area contributed by atoms with Gasteiger partial charge in [0.2, 0.25) is 11.8 Å². The van der Waals surface area contributed by atoms with Gasteiger partial charge in [-0.25, -0.2) is 0 Å². The van der Waals surface area contributed by atoms with Crippen molar-refractivity contribution < 1.29 is 19.1 Å². The van der Waals surface area contributed by atoms with E-state index in [1.165, 1.54) is 19.3 Å². The van der Waals surface area contributed by atoms with Crippen LogP contribution in [0, 0.1) is 0 Å². The monoisotopic (exact) mass is 327 g/mol. The van der Waals surface area contributed by atoms with E-state index in [2.05, 4.69) is 0 Å². The standard InChI is InChI=1S/C16H29N3O4/c1-18(11-15(17)20)9-14-10-19(7-8-22-14)16(21)12-23-13-5-3-2-4-6-13/h13-14H,2-12H2,1H3,(H2,17,20)/t14-/m0/s1. The van der Waals surface area contributed by atoms with Crippen LogP contribution in [0.5, 0.6) is 0 Å². The van der Waals surface area contributed by atoms with Crippen molar-refractivity contribution in [1.29, 1.82) is 0 Å². The molecule has 0 spiro atoms. The van der Waals surface area contributed by atoms with E-state index in [1.807, 2.05) is 11.9 Å². The van der Waals surface area contributed by atoms with Gasteiger partial charge in [0.25, 0.3) is 0 Å². The van der Waals surface area contributed by atoms with Crippen molar-refractivity contribution in [2.24, 2.45) is 5.73 Å². The van der Waals surface area contributed by atoms with E-state index in [0.717, 1.165) is 12.8 Å². The molecule has 1 saturated heterocycles. The highest BCUT2D eigenvalue weighted by atomic mass is 16.5. The number of rotatable bonds is 7. The van der Waals surface area contributed by atoms with Crippen molar-refractivity contribution in [1.82, 2.24) is 9.80 Å². The van der Waals surface area contributed by atoms with Crippen molar-refractivity contribution >= 4 is 11.8 Å². The highest BCUT2D eigenvalue weighted by Gasteiger charge is 2.26. The molecule has 1 aliphatic carbocycles. The minimum absolute atomic E-state index is 0.0291. The molecular formula is C16H29N3O4. The Morgan fingerprint density at radius 1 is 1.30 bits per heavy atom. The first kappa shape index (κ1) is 18.2. The van der Waals surface area contributed by atoms with E-state index >= 15 is 0 Å². The molecule has 0 aromatic heterocycles. The van der Waals surface area contributed by atoms with Crippen molar-refractivity contribution in [2.45, 2.75) is 44.3 Å². The molecule has 0 bridgehead atoms. The molecule has 1 saturated carbocycles. The summed E-state index contributed by atoms with van der Waals surface area (Å²) in [4.78, 5) is 26.8. The zero-order valence-corrected chi connectivity index (χ0v) is 14.0. The number of nitrogens with zero attached hydrogens (tertiary/aromatic N) is 2. The molecular weight excluding hydrogens is 298 g/mol. The van der Waals surface area contributed by atoms with E-state index in [9.17, 15) is 9.59 Å². The van der Waals surface area contributed by atoms with Crippen LogP contribution < -0.4 is 5.73 Å². The molecule has 0 unspecified atom stereocenters. The number of hydrogen-bond donors (Lipinski definition) is 1. The third-order valence-corrected chi connectivity index (χ3v) is 4.43. The summed E-state index contributed by atoms with van der Waals surface area (Å²) in [6.07, 6.45) is 5.96. The lowest BCUT2D eigenvalue weighted by atomic mass is 9.98. The zero-order valence-electron chi connectivity index (χ0n) is 14.0. The van der Waals surface area contributed by atoms with Crippen molar-refractivity contribution in [3.8, 4) is 0 Å². The molecule has 0 aromatic rings. The van der Waals surface area contributed by atoms with E-state index in [1.54, 1.807) is 4.90 Å². The molecule has 2 aliphatic rings. The Hall–Kier alpha value is -1.18. The van der Waals surface area contributed by atoms with Gasteiger partial charge in [-0.05, 0) is 19.9 Å². The number of amides is 2. The quantitative estimate of drug-likeness (QED) is 0.710. The Kier molecular flexibility index (Phi) is 7.26. The second-order valence-corrected chi connectivity index (χ2v) is 6.57. The van der Waals surface area contributed by atoms with Gasteiger partial charge in [-0.15, -0.1) is 0 Å². The van der Waals surface area contributed by atoms with Gasteiger partial charge >= 0.3 is 0 Å². The number of primary amides is 1. The average molecular weight is 327 g/mol. The maximum Gasteiger partial charge on any atom is 0.248 e. The largest absolute Gasteiger partial charge is 0.373 e. The molecule has 0 aromatic carbocycles. The lowest BCUT2D eigenvalue weighted by Gasteiger charge is -2.35. The van der Waals surface area contributed by atoms with Crippen molar-refractivity contribution in [2.75, 3.05) is 46.4 Å². The predicted molar refractivity (Wildman–Crippen MR) is 85.8 cm³/mol. The molecule has 0 radical (unpaired) electrons. The highest BCUT2D eigenvalue weighted by molar-refractivity contribution is 5.77. The number of morpholine rings is 1. The van der Waals surface area contributed by atoms with Gasteiger partial charge in [0, 0.05) is 19.6 Å². The van der Waals surface area contributed by atoms with Crippen LogP contribution in [-0.2, 0) is 19.1 Å². The second kappa shape index (κ2) is 9.20. The van der Waals surface area contributed by atoms with Crippen LogP contribution in [0.3, 0.4) is 0 Å². The minimum Gasteiger partial charge on any atom is -0.373 e. The molecule has 1 atom stereocenters. The van der Waals surface area contributed by atoms with E-state index in [0.29, 0.717) is 26.2 Å². The van der Waals surface area contributed by atoms with Gasteiger partial charge in [0.15, 0.2) is 0 Å². The average Bonchev–Trinajstić information content (AvgIpc) is 2.53. The SMILES string of the molecule is CN(CC(N)=O)C[C@H]1CN(C(=O)COC2CCCCC2)CCO1. The maximum atomic E-state index is 12.3. The zero-order chi connectivity index (χ0) is 16.7. The van der Waals surface area contributed by atoms with Gasteiger partial charge in [0.05, 0.1) is 25.4 Å². The van der Waals surface area contributed by atoms with Crippen LogP contribution in [-0.4, -0.2) is 80.3 Å². The predicted octanol–water partition coefficient (Wildman–Crippen LogP) is -0.0198. The molecule has 7 heteroatoms. The summed E-state index contributed by atoms with van der Waals surface area (Å²) >= 11 is 0. The lowest BCUT2D eigenvalue weighted by molar-refractivity contribution is -0.147. The van der Waals surface area contributed by atoms with Crippen LogP contribution in [0.1, 0.15) is 32.1 Å². The van der Waals surface area contributed by atoms with Gasteiger partial charge in [-0.3, -0.25) is 14.5 Å². The Morgan fingerprint density at radius 3 is 2.74 bits per heavy atom. The first-order chi connectivity index (χ1) is 11.0. The topological polar surface area (TPSA) is 85.1 Å². The van der Waals surface area contributed by atoms with Crippen LogP contribution >= 0.6 is 0 Å². The third-order valence-electron chi connectivity index (χ3n) is 4.43. The fourth-order valence-corrected chi connectivity index (χ4v) is 3.25. The normalized spacial score (nSPS) is 23.2. The first-order valence-electron chi connectivity index (χ1n) is 8.52. The number of carbonyl (C=O) groups excluding carboxylic acids is 2. The minimum atomic E-state index is -0.364. The first-order valence-corrected chi connectivity index (χ1v) is 8.52. The maximum absolute atomic E-state index is 12.3. The second-order valence-electron chi connectivity index (χ2n) is 6.57. The van der Waals surface area contributed by atoms with E-state index < -0.39 is 0 Å². The van der Waals surface area contributed by atoms with Gasteiger partial charge < -0.3 is 20.1 Å². The summed E-state index contributed by atoms with van der Waals surface area (Å²) in [6.45, 7) is 2.59. The molecule has 1 aliphatic heterocycles. The number of nitrogens with two attached hydrogens (primary N) is 1. The molecule has 1 heterocycles. The van der Waals surface area contributed by atoms with Crippen LogP contribution in [0.2, 0.25) is 0 Å². The Balaban J connectivity index is 1.71. The Labute approximate surface area is 138 Å². The molecule has 2 fully saturated rings. The number of ether oxygens (including phenoxy) is 2. The summed E-state index contributed by atoms with van der Waals surface area (Å²) in [5.41, 5.74) is 5.18. The van der Waals surface area contributed by atoms with Crippen LogP contribution in [0.25, 0.3) is 0 Å². The summed E-state index contributed by atoms with van der Waals surface area (Å²) in [5.74, 6) is -0.335. The third kappa shape index (κ3) is 6.45. The smallest absolute Gasteiger partial charge is 0.248 e. The van der Waals surface area contributed by atoms with Crippen LogP contribution in [0.4, 0.5) is 0 Å². The van der Waals surface area contributed by atoms with Crippen molar-refractivity contribution in [3.63, 3.8) is 0 Å². The molecule has 132 valence electrons. The lowest BCUT2D eigenvalue weighted by Crippen LogP contribution is -2.51. The van der Waals surface area contributed by atoms with Gasteiger partial charge in [0.1, 0.15) is 6.61 Å². The Morgan fingerprint density at radius 2 is 2.04 bits per heavy atom. The fraction of sp³-hybridized carbons (Fsp3) is 0.875. The molecule has 7 nitrogen and oxygen atoms in total. The van der Waals surface area contributed by atoms with Gasteiger partial charge in [-0.1, -0.05) is 19.3 Å². The number of carbonyl (C=O) groups is 2. The summed E-state index contributed by atoms with van der Waals surface area (Å²) in [7, 11) is 1.82. The highest BCUT2D eigenvalue weighted by Crippen LogP contribution is 2.20. The van der Waals surface area contributed by atoms with Crippen molar-refractivity contribution in [3.05, 3.63) is 0 Å². The molecule has 23 heavy (non-hydrogen) atoms. The number of hydrogen-bond acceptors (Lipinski definition) is 5.